The first kappa shape index (κ1) is 19.2. The largest absolute Gasteiger partial charge is 0.419 e. The SMILES string of the molecule is NC(=O)CN1CCC[C@H](C(=O)NCc2ccc(F)c(C(F)(F)F)c2)C1. The molecule has 0 spiro atoms. The molecule has 0 unspecified atom stereocenters. The van der Waals surface area contributed by atoms with Crippen molar-refractivity contribution in [1.29, 1.82) is 0 Å². The molecule has 1 saturated heterocycles. The molecule has 1 fully saturated rings. The molecule has 1 aromatic carbocycles. The third-order valence-corrected chi connectivity index (χ3v) is 4.06. The fourth-order valence-electron chi connectivity index (χ4n) is 2.87. The fraction of sp³-hybridized carbons (Fsp3) is 0.500. The van der Waals surface area contributed by atoms with E-state index in [1.807, 2.05) is 0 Å². The Morgan fingerprint density at radius 1 is 1.32 bits per heavy atom. The van der Waals surface area contributed by atoms with Gasteiger partial charge >= 0.3 is 6.18 Å². The molecule has 2 rings (SSSR count). The van der Waals surface area contributed by atoms with E-state index in [0.29, 0.717) is 25.6 Å². The van der Waals surface area contributed by atoms with Crippen LogP contribution in [0.5, 0.6) is 0 Å². The van der Waals surface area contributed by atoms with Crippen LogP contribution < -0.4 is 11.1 Å². The Labute approximate surface area is 142 Å². The van der Waals surface area contributed by atoms with Crippen LogP contribution in [0.4, 0.5) is 17.6 Å². The van der Waals surface area contributed by atoms with Gasteiger partial charge in [-0.3, -0.25) is 14.5 Å². The number of halogens is 4. The lowest BCUT2D eigenvalue weighted by atomic mass is 9.97. The minimum atomic E-state index is -4.79. The summed E-state index contributed by atoms with van der Waals surface area (Å²) in [7, 11) is 0. The van der Waals surface area contributed by atoms with Gasteiger partial charge in [0, 0.05) is 13.1 Å². The predicted molar refractivity (Wildman–Crippen MR) is 81.6 cm³/mol. The van der Waals surface area contributed by atoms with Crippen LogP contribution in [-0.2, 0) is 22.3 Å². The van der Waals surface area contributed by atoms with Gasteiger partial charge in [-0.05, 0) is 37.1 Å². The zero-order valence-corrected chi connectivity index (χ0v) is 13.4. The van der Waals surface area contributed by atoms with Crippen LogP contribution in [0.3, 0.4) is 0 Å². The third-order valence-electron chi connectivity index (χ3n) is 4.06. The number of amides is 2. The number of likely N-dealkylation sites (tertiary alicyclic amines) is 1. The molecule has 25 heavy (non-hydrogen) atoms. The number of benzene rings is 1. The normalized spacial score (nSPS) is 18.8. The lowest BCUT2D eigenvalue weighted by Gasteiger charge is -2.31. The van der Waals surface area contributed by atoms with E-state index < -0.39 is 23.5 Å². The number of carbonyl (C=O) groups is 2. The number of hydrogen-bond acceptors (Lipinski definition) is 3. The number of nitrogens with two attached hydrogens (primary N) is 1. The van der Waals surface area contributed by atoms with Gasteiger partial charge in [-0.1, -0.05) is 6.07 Å². The van der Waals surface area contributed by atoms with Crippen LogP contribution in [0.15, 0.2) is 18.2 Å². The fourth-order valence-corrected chi connectivity index (χ4v) is 2.87. The van der Waals surface area contributed by atoms with E-state index in [1.54, 1.807) is 4.90 Å². The van der Waals surface area contributed by atoms with Gasteiger partial charge in [0.05, 0.1) is 18.0 Å². The van der Waals surface area contributed by atoms with Gasteiger partial charge < -0.3 is 11.1 Å². The van der Waals surface area contributed by atoms with Gasteiger partial charge in [0.15, 0.2) is 0 Å². The zero-order chi connectivity index (χ0) is 18.6. The number of piperidine rings is 1. The molecule has 0 aliphatic carbocycles. The van der Waals surface area contributed by atoms with Gasteiger partial charge in [0.1, 0.15) is 5.82 Å². The molecule has 1 aliphatic rings. The number of nitrogens with one attached hydrogen (secondary N) is 1. The van der Waals surface area contributed by atoms with E-state index in [-0.39, 0.29) is 30.5 Å². The summed E-state index contributed by atoms with van der Waals surface area (Å²) in [6.07, 6.45) is -3.44. The highest BCUT2D eigenvalue weighted by molar-refractivity contribution is 5.79. The summed E-state index contributed by atoms with van der Waals surface area (Å²) in [5.74, 6) is -2.51. The molecule has 1 aromatic rings. The Morgan fingerprint density at radius 3 is 2.68 bits per heavy atom. The first-order valence-corrected chi connectivity index (χ1v) is 7.81. The second-order valence-corrected chi connectivity index (χ2v) is 6.07. The summed E-state index contributed by atoms with van der Waals surface area (Å²) in [6, 6.07) is 2.63. The minimum Gasteiger partial charge on any atom is -0.369 e. The maximum atomic E-state index is 13.3. The Morgan fingerprint density at radius 2 is 2.04 bits per heavy atom. The van der Waals surface area contributed by atoms with E-state index in [2.05, 4.69) is 5.32 Å². The lowest BCUT2D eigenvalue weighted by Crippen LogP contribution is -2.45. The van der Waals surface area contributed by atoms with E-state index in [1.165, 1.54) is 6.07 Å². The number of rotatable bonds is 5. The van der Waals surface area contributed by atoms with Crippen LogP contribution in [-0.4, -0.2) is 36.3 Å². The summed E-state index contributed by atoms with van der Waals surface area (Å²) < 4.78 is 51.3. The second-order valence-electron chi connectivity index (χ2n) is 6.07. The van der Waals surface area contributed by atoms with Crippen molar-refractivity contribution in [1.82, 2.24) is 10.2 Å². The maximum absolute atomic E-state index is 13.3. The Hall–Kier alpha value is -2.16. The molecule has 0 bridgehead atoms. The van der Waals surface area contributed by atoms with Gasteiger partial charge in [-0.2, -0.15) is 13.2 Å². The van der Waals surface area contributed by atoms with Crippen LogP contribution >= 0.6 is 0 Å². The highest BCUT2D eigenvalue weighted by Crippen LogP contribution is 2.31. The molecule has 5 nitrogen and oxygen atoms in total. The number of alkyl halides is 3. The molecular formula is C16H19F4N3O2. The van der Waals surface area contributed by atoms with E-state index in [4.69, 9.17) is 5.73 Å². The molecule has 0 aromatic heterocycles. The molecule has 3 N–H and O–H groups in total. The Kier molecular flexibility index (Phi) is 5.99. The van der Waals surface area contributed by atoms with Crippen molar-refractivity contribution in [3.8, 4) is 0 Å². The number of nitrogens with zero attached hydrogens (tertiary/aromatic N) is 1. The average molecular weight is 361 g/mol. The maximum Gasteiger partial charge on any atom is 0.419 e. The molecule has 1 atom stereocenters. The Bertz CT molecular complexity index is 649. The van der Waals surface area contributed by atoms with Gasteiger partial charge in [-0.25, -0.2) is 4.39 Å². The average Bonchev–Trinajstić information content (AvgIpc) is 2.52. The molecule has 1 aliphatic heterocycles. The number of hydrogen-bond donors (Lipinski definition) is 2. The van der Waals surface area contributed by atoms with Crippen LogP contribution in [0.25, 0.3) is 0 Å². The summed E-state index contributed by atoms with van der Waals surface area (Å²) in [5.41, 5.74) is 3.94. The second kappa shape index (κ2) is 7.81. The zero-order valence-electron chi connectivity index (χ0n) is 13.4. The van der Waals surface area contributed by atoms with Crippen molar-refractivity contribution in [3.63, 3.8) is 0 Å². The highest BCUT2D eigenvalue weighted by atomic mass is 19.4. The van der Waals surface area contributed by atoms with Crippen molar-refractivity contribution in [2.45, 2.75) is 25.6 Å². The molecular weight excluding hydrogens is 342 g/mol. The van der Waals surface area contributed by atoms with E-state index in [9.17, 15) is 27.2 Å². The summed E-state index contributed by atoms with van der Waals surface area (Å²) in [5, 5.41) is 2.57. The molecule has 138 valence electrons. The predicted octanol–water partition coefficient (Wildman–Crippen LogP) is 1.66. The van der Waals surface area contributed by atoms with Crippen LogP contribution in [0.1, 0.15) is 24.0 Å². The standard InChI is InChI=1S/C16H19F4N3O2/c17-13-4-3-10(6-12(13)16(18,19)20)7-22-15(25)11-2-1-5-23(8-11)9-14(21)24/h3-4,6,11H,1-2,5,7-9H2,(H2,21,24)(H,22,25)/t11-/m0/s1. The van der Waals surface area contributed by atoms with Crippen LogP contribution in [0, 0.1) is 11.7 Å². The van der Waals surface area contributed by atoms with Gasteiger partial charge in [0.25, 0.3) is 0 Å². The highest BCUT2D eigenvalue weighted by Gasteiger charge is 2.34. The summed E-state index contributed by atoms with van der Waals surface area (Å²) in [6.45, 7) is 0.969. The number of primary amides is 1. The number of carbonyl (C=O) groups excluding carboxylic acids is 2. The topological polar surface area (TPSA) is 75.4 Å². The van der Waals surface area contributed by atoms with Crippen molar-refractivity contribution in [2.24, 2.45) is 11.7 Å². The third kappa shape index (κ3) is 5.42. The summed E-state index contributed by atoms with van der Waals surface area (Å²) >= 11 is 0. The smallest absolute Gasteiger partial charge is 0.369 e. The molecule has 2 amide bonds. The monoisotopic (exact) mass is 361 g/mol. The first-order chi connectivity index (χ1) is 11.7. The lowest BCUT2D eigenvalue weighted by molar-refractivity contribution is -0.140. The van der Waals surface area contributed by atoms with Crippen molar-refractivity contribution in [2.75, 3.05) is 19.6 Å². The molecule has 9 heteroatoms. The van der Waals surface area contributed by atoms with E-state index >= 15 is 0 Å². The van der Waals surface area contributed by atoms with Gasteiger partial charge in [0.2, 0.25) is 11.8 Å². The van der Waals surface area contributed by atoms with E-state index in [0.717, 1.165) is 12.5 Å². The first-order valence-electron chi connectivity index (χ1n) is 7.81. The minimum absolute atomic E-state index is 0.0662. The molecule has 0 radical (unpaired) electrons. The van der Waals surface area contributed by atoms with Crippen LogP contribution in [0.2, 0.25) is 0 Å². The quantitative estimate of drug-likeness (QED) is 0.784. The van der Waals surface area contributed by atoms with Crippen molar-refractivity contribution < 1.29 is 27.2 Å². The molecule has 1 heterocycles. The van der Waals surface area contributed by atoms with Gasteiger partial charge in [-0.15, -0.1) is 0 Å². The molecule has 0 saturated carbocycles. The van der Waals surface area contributed by atoms with Crippen molar-refractivity contribution in [3.05, 3.63) is 35.1 Å². The summed E-state index contributed by atoms with van der Waals surface area (Å²) in [4.78, 5) is 24.9. The Balaban J connectivity index is 1.95. The van der Waals surface area contributed by atoms with Crippen molar-refractivity contribution >= 4 is 11.8 Å².